The minimum Gasteiger partial charge on any atom is -0.467 e. The van der Waals surface area contributed by atoms with Gasteiger partial charge in [0.05, 0.1) is 13.2 Å². The van der Waals surface area contributed by atoms with Crippen LogP contribution in [-0.4, -0.2) is 38.2 Å². The highest BCUT2D eigenvalue weighted by atomic mass is 16.5. The number of carbonyl (C=O) groups excluding carboxylic acids is 2. The number of carbonyl (C=O) groups is 2. The third kappa shape index (κ3) is 6.53. The zero-order valence-electron chi connectivity index (χ0n) is 10.4. The van der Waals surface area contributed by atoms with Crippen LogP contribution in [0.5, 0.6) is 0 Å². The molecule has 0 unspecified atom stereocenters. The predicted molar refractivity (Wildman–Crippen MR) is 59.8 cm³/mol. The van der Waals surface area contributed by atoms with E-state index in [1.165, 1.54) is 7.11 Å². The van der Waals surface area contributed by atoms with Gasteiger partial charge in [-0.25, -0.2) is 4.79 Å². The van der Waals surface area contributed by atoms with E-state index >= 15 is 0 Å². The Labute approximate surface area is 101 Å². The molecule has 0 radical (unpaired) electrons. The molecule has 2 atom stereocenters. The molecule has 0 aliphatic rings. The van der Waals surface area contributed by atoms with Crippen LogP contribution in [0.4, 0.5) is 0 Å². The van der Waals surface area contributed by atoms with Gasteiger partial charge >= 0.3 is 5.97 Å². The first-order valence-corrected chi connectivity index (χ1v) is 5.39. The molecule has 1 amide bonds. The van der Waals surface area contributed by atoms with Crippen molar-refractivity contribution in [1.29, 1.82) is 5.26 Å². The smallest absolute Gasteiger partial charge is 0.328 e. The molecule has 0 aromatic heterocycles. The van der Waals surface area contributed by atoms with Gasteiger partial charge in [0.2, 0.25) is 5.91 Å². The van der Waals surface area contributed by atoms with E-state index in [-0.39, 0.29) is 18.9 Å². The number of amides is 1. The van der Waals surface area contributed by atoms with Gasteiger partial charge in [-0.1, -0.05) is 0 Å². The van der Waals surface area contributed by atoms with Crippen molar-refractivity contribution in [3.63, 3.8) is 0 Å². The molecule has 0 aliphatic carbocycles. The van der Waals surface area contributed by atoms with Crippen molar-refractivity contribution in [2.24, 2.45) is 5.92 Å². The van der Waals surface area contributed by atoms with Crippen molar-refractivity contribution in [3.05, 3.63) is 0 Å². The first kappa shape index (κ1) is 15.4. The maximum Gasteiger partial charge on any atom is 0.328 e. The molecule has 0 saturated carbocycles. The number of methoxy groups -OCH3 is 1. The summed E-state index contributed by atoms with van der Waals surface area (Å²) in [5.74, 6) is -1.30. The van der Waals surface area contributed by atoms with Crippen LogP contribution in [0.25, 0.3) is 0 Å². The van der Waals surface area contributed by atoms with E-state index in [0.29, 0.717) is 6.61 Å². The molecular weight excluding hydrogens is 224 g/mol. The fourth-order valence-corrected chi connectivity index (χ4v) is 1.19. The molecule has 17 heavy (non-hydrogen) atoms. The summed E-state index contributed by atoms with van der Waals surface area (Å²) in [5.41, 5.74) is 0. The number of hydrogen-bond donors (Lipinski definition) is 1. The summed E-state index contributed by atoms with van der Waals surface area (Å²) in [6.45, 7) is 3.75. The Morgan fingerprint density at radius 3 is 2.59 bits per heavy atom. The summed E-state index contributed by atoms with van der Waals surface area (Å²) in [7, 11) is 1.24. The number of nitrogens with one attached hydrogen (secondary N) is 1. The normalized spacial score (nSPS) is 13.3. The molecule has 0 aromatic rings. The maximum atomic E-state index is 11.4. The van der Waals surface area contributed by atoms with Crippen LogP contribution in [0.3, 0.4) is 0 Å². The number of hydrogen-bond acceptors (Lipinski definition) is 5. The second-order valence-corrected chi connectivity index (χ2v) is 3.55. The zero-order chi connectivity index (χ0) is 13.3. The van der Waals surface area contributed by atoms with E-state index in [9.17, 15) is 9.59 Å². The molecule has 0 fully saturated rings. The zero-order valence-corrected chi connectivity index (χ0v) is 10.4. The fourth-order valence-electron chi connectivity index (χ4n) is 1.19. The highest BCUT2D eigenvalue weighted by Crippen LogP contribution is 2.06. The lowest BCUT2D eigenvalue weighted by Crippen LogP contribution is -2.44. The quantitative estimate of drug-likeness (QED) is 0.645. The molecule has 0 heterocycles. The van der Waals surface area contributed by atoms with E-state index < -0.39 is 17.9 Å². The van der Waals surface area contributed by atoms with Crippen LogP contribution in [-0.2, 0) is 19.1 Å². The molecule has 0 aromatic carbocycles. The van der Waals surface area contributed by atoms with Crippen LogP contribution in [0.2, 0.25) is 0 Å². The highest BCUT2D eigenvalue weighted by Gasteiger charge is 2.23. The number of nitrogens with zero attached hydrogens (tertiary/aromatic N) is 1. The Balaban J connectivity index is 4.34. The molecule has 6 nitrogen and oxygen atoms in total. The molecule has 96 valence electrons. The molecular formula is C11H18N2O4. The van der Waals surface area contributed by atoms with E-state index in [0.717, 1.165) is 0 Å². The summed E-state index contributed by atoms with van der Waals surface area (Å²) >= 11 is 0. The Morgan fingerprint density at radius 2 is 2.12 bits per heavy atom. The van der Waals surface area contributed by atoms with Crippen molar-refractivity contribution in [1.82, 2.24) is 5.32 Å². The second kappa shape index (κ2) is 8.53. The van der Waals surface area contributed by atoms with E-state index in [1.807, 2.05) is 6.07 Å². The first-order chi connectivity index (χ1) is 8.04. The van der Waals surface area contributed by atoms with E-state index in [2.05, 4.69) is 10.1 Å². The van der Waals surface area contributed by atoms with Crippen molar-refractivity contribution in [2.45, 2.75) is 26.3 Å². The summed E-state index contributed by atoms with van der Waals surface area (Å²) in [6.07, 6.45) is 0.223. The monoisotopic (exact) mass is 242 g/mol. The van der Waals surface area contributed by atoms with Gasteiger partial charge in [-0.3, -0.25) is 4.79 Å². The van der Waals surface area contributed by atoms with Crippen LogP contribution in [0.1, 0.15) is 20.3 Å². The lowest BCUT2D eigenvalue weighted by atomic mass is 10.0. The molecule has 0 bridgehead atoms. The van der Waals surface area contributed by atoms with Gasteiger partial charge in [-0.05, 0) is 20.3 Å². The van der Waals surface area contributed by atoms with Gasteiger partial charge < -0.3 is 14.8 Å². The van der Waals surface area contributed by atoms with Crippen LogP contribution in [0, 0.1) is 17.2 Å². The number of esters is 1. The second-order valence-electron chi connectivity index (χ2n) is 3.55. The van der Waals surface area contributed by atoms with Crippen molar-refractivity contribution >= 4 is 11.9 Å². The third-order valence-electron chi connectivity index (χ3n) is 2.07. The summed E-state index contributed by atoms with van der Waals surface area (Å²) in [5, 5.41) is 11.2. The lowest BCUT2D eigenvalue weighted by Gasteiger charge is -2.17. The van der Waals surface area contributed by atoms with Crippen molar-refractivity contribution in [3.8, 4) is 6.07 Å². The molecule has 1 N–H and O–H groups in total. The number of ether oxygens (including phenoxy) is 2. The summed E-state index contributed by atoms with van der Waals surface area (Å²) < 4.78 is 9.47. The Bertz CT molecular complexity index is 298. The standard InChI is InChI=1S/C11H18N2O4/c1-4-17-7-10(14)13-9(11(15)16-3)5-8(2)6-12/h8-9H,4-5,7H2,1-3H3,(H,13,14)/t8-,9+/m1/s1. The minimum atomic E-state index is -0.803. The molecule has 0 aliphatic heterocycles. The fraction of sp³-hybridized carbons (Fsp3) is 0.727. The Hall–Kier alpha value is -1.61. The Morgan fingerprint density at radius 1 is 1.47 bits per heavy atom. The van der Waals surface area contributed by atoms with Gasteiger partial charge in [-0.2, -0.15) is 5.26 Å². The predicted octanol–water partition coefficient (Wildman–Crippen LogP) is 0.230. The third-order valence-corrected chi connectivity index (χ3v) is 2.07. The Kier molecular flexibility index (Phi) is 7.72. The first-order valence-electron chi connectivity index (χ1n) is 5.39. The minimum absolute atomic E-state index is 0.106. The number of nitriles is 1. The van der Waals surface area contributed by atoms with Crippen LogP contribution in [0.15, 0.2) is 0 Å². The van der Waals surface area contributed by atoms with Gasteiger partial charge in [0.25, 0.3) is 0 Å². The SMILES string of the molecule is CCOCC(=O)N[C@@H](C[C@@H](C)C#N)C(=O)OC. The average molecular weight is 242 g/mol. The van der Waals surface area contributed by atoms with Crippen molar-refractivity contribution < 1.29 is 19.1 Å². The van der Waals surface area contributed by atoms with Gasteiger partial charge in [0.15, 0.2) is 0 Å². The van der Waals surface area contributed by atoms with Gasteiger partial charge in [0, 0.05) is 12.5 Å². The van der Waals surface area contributed by atoms with Crippen molar-refractivity contribution in [2.75, 3.05) is 20.3 Å². The summed E-state index contributed by atoms with van der Waals surface area (Å²) in [6, 6.07) is 1.20. The number of rotatable bonds is 7. The van der Waals surface area contributed by atoms with E-state index in [4.69, 9.17) is 10.00 Å². The summed E-state index contributed by atoms with van der Waals surface area (Å²) in [4.78, 5) is 22.8. The molecule has 0 saturated heterocycles. The highest BCUT2D eigenvalue weighted by molar-refractivity contribution is 5.85. The van der Waals surface area contributed by atoms with Crippen LogP contribution >= 0.6 is 0 Å². The average Bonchev–Trinajstić information content (AvgIpc) is 2.34. The molecule has 0 rings (SSSR count). The topological polar surface area (TPSA) is 88.4 Å². The molecule has 6 heteroatoms. The maximum absolute atomic E-state index is 11.4. The van der Waals surface area contributed by atoms with Gasteiger partial charge in [0.1, 0.15) is 12.6 Å². The van der Waals surface area contributed by atoms with Gasteiger partial charge in [-0.15, -0.1) is 0 Å². The lowest BCUT2D eigenvalue weighted by molar-refractivity contribution is -0.146. The molecule has 0 spiro atoms. The van der Waals surface area contributed by atoms with Crippen LogP contribution < -0.4 is 5.32 Å². The largest absolute Gasteiger partial charge is 0.467 e. The van der Waals surface area contributed by atoms with E-state index in [1.54, 1.807) is 13.8 Å².